The summed E-state index contributed by atoms with van der Waals surface area (Å²) in [6.07, 6.45) is 8.11. The van der Waals surface area contributed by atoms with Crippen molar-refractivity contribution in [3.05, 3.63) is 17.7 Å². The fourth-order valence-corrected chi connectivity index (χ4v) is 3.92. The largest absolute Gasteiger partial charge is 0.396 e. The van der Waals surface area contributed by atoms with Crippen LogP contribution in [-0.2, 0) is 6.54 Å². The molecule has 3 rings (SSSR count). The fraction of sp³-hybridized carbons (Fsp3) is 0.812. The average molecular weight is 277 g/mol. The van der Waals surface area contributed by atoms with E-state index in [1.165, 1.54) is 37.3 Å². The van der Waals surface area contributed by atoms with Gasteiger partial charge in [-0.15, -0.1) is 0 Å². The molecule has 0 amide bonds. The molecule has 3 heterocycles. The van der Waals surface area contributed by atoms with Crippen LogP contribution in [0.4, 0.5) is 0 Å². The van der Waals surface area contributed by atoms with Crippen LogP contribution < -0.4 is 0 Å². The number of hydrogen-bond acceptors (Lipinski definition) is 3. The standard InChI is InChI=1S/C16H27N3O/c1-12(2)18-8-4-3-7-14(18)16-17-10-15-13(11-20)6-5-9-19(15)16/h10,12-14,20H,3-9,11H2,1-2H3. The molecule has 4 heteroatoms. The molecule has 1 fully saturated rings. The van der Waals surface area contributed by atoms with Crippen molar-refractivity contribution in [1.29, 1.82) is 0 Å². The molecule has 1 N–H and O–H groups in total. The van der Waals surface area contributed by atoms with Gasteiger partial charge < -0.3 is 9.67 Å². The topological polar surface area (TPSA) is 41.3 Å². The lowest BCUT2D eigenvalue weighted by atomic mass is 9.96. The lowest BCUT2D eigenvalue weighted by Gasteiger charge is -2.39. The second-order valence-corrected chi connectivity index (χ2v) is 6.56. The molecule has 2 aliphatic heterocycles. The fourth-order valence-electron chi connectivity index (χ4n) is 3.92. The Morgan fingerprint density at radius 3 is 2.85 bits per heavy atom. The van der Waals surface area contributed by atoms with Gasteiger partial charge >= 0.3 is 0 Å². The van der Waals surface area contributed by atoms with Crippen molar-refractivity contribution in [2.45, 2.75) is 70.5 Å². The molecule has 0 spiro atoms. The second kappa shape index (κ2) is 5.86. The molecule has 1 aromatic rings. The monoisotopic (exact) mass is 277 g/mol. The lowest BCUT2D eigenvalue weighted by molar-refractivity contribution is 0.102. The minimum Gasteiger partial charge on any atom is -0.396 e. The van der Waals surface area contributed by atoms with Gasteiger partial charge in [0.25, 0.3) is 0 Å². The number of hydrogen-bond donors (Lipinski definition) is 1. The highest BCUT2D eigenvalue weighted by atomic mass is 16.3. The number of nitrogens with zero attached hydrogens (tertiary/aromatic N) is 3. The average Bonchev–Trinajstić information content (AvgIpc) is 2.90. The van der Waals surface area contributed by atoms with E-state index in [0.717, 1.165) is 19.4 Å². The Morgan fingerprint density at radius 1 is 1.25 bits per heavy atom. The van der Waals surface area contributed by atoms with E-state index in [2.05, 4.69) is 23.3 Å². The van der Waals surface area contributed by atoms with Gasteiger partial charge in [-0.1, -0.05) is 6.42 Å². The van der Waals surface area contributed by atoms with Crippen LogP contribution in [0.25, 0.3) is 0 Å². The van der Waals surface area contributed by atoms with Crippen LogP contribution in [0.15, 0.2) is 6.20 Å². The lowest BCUT2D eigenvalue weighted by Crippen LogP contribution is -2.40. The Bertz CT molecular complexity index is 455. The quantitative estimate of drug-likeness (QED) is 0.923. The van der Waals surface area contributed by atoms with E-state index < -0.39 is 0 Å². The van der Waals surface area contributed by atoms with Gasteiger partial charge in [0, 0.05) is 30.4 Å². The SMILES string of the molecule is CC(C)N1CCCCC1c1ncc2n1CCCC2CO. The number of fused-ring (bicyclic) bond motifs is 1. The van der Waals surface area contributed by atoms with Crippen molar-refractivity contribution in [1.82, 2.24) is 14.5 Å². The third-order valence-corrected chi connectivity index (χ3v) is 5.00. The zero-order valence-corrected chi connectivity index (χ0v) is 12.8. The number of aliphatic hydroxyl groups excluding tert-OH is 1. The molecule has 0 radical (unpaired) electrons. The van der Waals surface area contributed by atoms with Crippen LogP contribution in [0, 0.1) is 0 Å². The summed E-state index contributed by atoms with van der Waals surface area (Å²) in [6, 6.07) is 1.04. The Hall–Kier alpha value is -0.870. The first kappa shape index (κ1) is 14.1. The van der Waals surface area contributed by atoms with Crippen molar-refractivity contribution in [3.8, 4) is 0 Å². The third kappa shape index (κ3) is 2.40. The molecule has 0 aromatic carbocycles. The van der Waals surface area contributed by atoms with E-state index in [4.69, 9.17) is 4.98 Å². The maximum absolute atomic E-state index is 9.55. The molecule has 2 unspecified atom stereocenters. The third-order valence-electron chi connectivity index (χ3n) is 5.00. The Balaban J connectivity index is 1.91. The number of imidazole rings is 1. The maximum Gasteiger partial charge on any atom is 0.126 e. The number of aromatic nitrogens is 2. The molecule has 20 heavy (non-hydrogen) atoms. The summed E-state index contributed by atoms with van der Waals surface area (Å²) in [5.41, 5.74) is 1.25. The number of aliphatic hydroxyl groups is 1. The number of rotatable bonds is 3. The molecule has 2 atom stereocenters. The van der Waals surface area contributed by atoms with Gasteiger partial charge in [0.1, 0.15) is 5.82 Å². The Labute approximate surface area is 121 Å². The van der Waals surface area contributed by atoms with Crippen molar-refractivity contribution in [2.24, 2.45) is 0 Å². The number of likely N-dealkylation sites (tertiary alicyclic amines) is 1. The highest BCUT2D eigenvalue weighted by molar-refractivity contribution is 5.16. The molecule has 0 saturated carbocycles. The van der Waals surface area contributed by atoms with E-state index in [1.54, 1.807) is 0 Å². The number of piperidine rings is 1. The van der Waals surface area contributed by atoms with Gasteiger partial charge in [-0.25, -0.2) is 4.98 Å². The molecular weight excluding hydrogens is 250 g/mol. The first-order valence-electron chi connectivity index (χ1n) is 8.14. The summed E-state index contributed by atoms with van der Waals surface area (Å²) in [6.45, 7) is 7.09. The maximum atomic E-state index is 9.55. The summed E-state index contributed by atoms with van der Waals surface area (Å²) in [4.78, 5) is 7.36. The Morgan fingerprint density at radius 2 is 2.10 bits per heavy atom. The van der Waals surface area contributed by atoms with E-state index >= 15 is 0 Å². The smallest absolute Gasteiger partial charge is 0.126 e. The summed E-state index contributed by atoms with van der Waals surface area (Å²) >= 11 is 0. The molecular formula is C16H27N3O. The van der Waals surface area contributed by atoms with Crippen molar-refractivity contribution in [2.75, 3.05) is 13.2 Å². The van der Waals surface area contributed by atoms with E-state index in [9.17, 15) is 5.11 Å². The van der Waals surface area contributed by atoms with Crippen molar-refractivity contribution in [3.63, 3.8) is 0 Å². The summed E-state index contributed by atoms with van der Waals surface area (Å²) in [5.74, 6) is 1.53. The van der Waals surface area contributed by atoms with Crippen molar-refractivity contribution >= 4 is 0 Å². The van der Waals surface area contributed by atoms with Gasteiger partial charge in [0.15, 0.2) is 0 Å². The summed E-state index contributed by atoms with van der Waals surface area (Å²) in [7, 11) is 0. The molecule has 1 saturated heterocycles. The first-order valence-corrected chi connectivity index (χ1v) is 8.14. The zero-order chi connectivity index (χ0) is 14.1. The van der Waals surface area contributed by atoms with Gasteiger partial charge in [-0.2, -0.15) is 0 Å². The van der Waals surface area contributed by atoms with Gasteiger partial charge in [0.2, 0.25) is 0 Å². The predicted octanol–water partition coefficient (Wildman–Crippen LogP) is 2.69. The Kier molecular flexibility index (Phi) is 4.13. The van der Waals surface area contributed by atoms with Crippen molar-refractivity contribution < 1.29 is 5.11 Å². The normalized spacial score (nSPS) is 27.8. The summed E-state index contributed by atoms with van der Waals surface area (Å²) < 4.78 is 2.40. The van der Waals surface area contributed by atoms with Crippen LogP contribution in [0.3, 0.4) is 0 Å². The van der Waals surface area contributed by atoms with E-state index in [1.807, 2.05) is 6.20 Å². The minimum absolute atomic E-state index is 0.254. The second-order valence-electron chi connectivity index (χ2n) is 6.56. The van der Waals surface area contributed by atoms with Gasteiger partial charge in [-0.05, 0) is 46.1 Å². The van der Waals surface area contributed by atoms with Crippen LogP contribution >= 0.6 is 0 Å². The van der Waals surface area contributed by atoms with E-state index in [-0.39, 0.29) is 6.61 Å². The molecule has 0 bridgehead atoms. The van der Waals surface area contributed by atoms with Crippen LogP contribution in [0.1, 0.15) is 69.4 Å². The summed E-state index contributed by atoms with van der Waals surface area (Å²) in [5, 5.41) is 9.55. The van der Waals surface area contributed by atoms with Crippen LogP contribution in [-0.4, -0.2) is 38.8 Å². The first-order chi connectivity index (χ1) is 9.72. The molecule has 0 aliphatic carbocycles. The van der Waals surface area contributed by atoms with E-state index in [0.29, 0.717) is 18.0 Å². The molecule has 1 aromatic heterocycles. The van der Waals surface area contributed by atoms with Gasteiger partial charge in [0.05, 0.1) is 12.6 Å². The molecule has 4 nitrogen and oxygen atoms in total. The molecule has 112 valence electrons. The highest BCUT2D eigenvalue weighted by Gasteiger charge is 2.32. The zero-order valence-electron chi connectivity index (χ0n) is 12.8. The van der Waals surface area contributed by atoms with Crippen LogP contribution in [0.2, 0.25) is 0 Å². The molecule has 2 aliphatic rings. The minimum atomic E-state index is 0.254. The predicted molar refractivity (Wildman–Crippen MR) is 79.7 cm³/mol. The highest BCUT2D eigenvalue weighted by Crippen LogP contribution is 2.35. The van der Waals surface area contributed by atoms with Crippen LogP contribution in [0.5, 0.6) is 0 Å². The van der Waals surface area contributed by atoms with Gasteiger partial charge in [-0.3, -0.25) is 4.90 Å².